The maximum absolute atomic E-state index is 12.2. The zero-order valence-corrected chi connectivity index (χ0v) is 14.4. The summed E-state index contributed by atoms with van der Waals surface area (Å²) >= 11 is 0. The predicted molar refractivity (Wildman–Crippen MR) is 97.8 cm³/mol. The van der Waals surface area contributed by atoms with Crippen LogP contribution < -0.4 is 11.1 Å². The normalized spacial score (nSPS) is 15.5. The van der Waals surface area contributed by atoms with E-state index in [4.69, 9.17) is 5.73 Å². The summed E-state index contributed by atoms with van der Waals surface area (Å²) in [4.78, 5) is 22.4. The largest absolute Gasteiger partial charge is 0.383 e. The molecule has 0 atom stereocenters. The first-order valence-corrected chi connectivity index (χ1v) is 8.86. The lowest BCUT2D eigenvalue weighted by molar-refractivity contribution is 0.0951. The molecule has 3 rings (SSSR count). The molecule has 25 heavy (non-hydrogen) atoms. The number of likely N-dealkylation sites (tertiary alicyclic amines) is 1. The van der Waals surface area contributed by atoms with Gasteiger partial charge in [0.1, 0.15) is 12.1 Å². The van der Waals surface area contributed by atoms with Crippen molar-refractivity contribution in [3.63, 3.8) is 0 Å². The fraction of sp³-hybridized carbons (Fsp3) is 0.421. The van der Waals surface area contributed by atoms with Crippen molar-refractivity contribution in [2.45, 2.75) is 38.8 Å². The zero-order valence-electron chi connectivity index (χ0n) is 14.4. The summed E-state index contributed by atoms with van der Waals surface area (Å²) in [7, 11) is 0. The van der Waals surface area contributed by atoms with Gasteiger partial charge < -0.3 is 11.1 Å². The summed E-state index contributed by atoms with van der Waals surface area (Å²) < 4.78 is 0. The SMILES string of the molecule is Nc1ncncc1C(=O)NCc1cccc(CN2CCCCCC2)c1. The van der Waals surface area contributed by atoms with Crippen molar-refractivity contribution in [3.05, 3.63) is 53.5 Å². The summed E-state index contributed by atoms with van der Waals surface area (Å²) in [6.07, 6.45) is 8.03. The fourth-order valence-electron chi connectivity index (χ4n) is 3.18. The summed E-state index contributed by atoms with van der Waals surface area (Å²) in [6.45, 7) is 3.78. The smallest absolute Gasteiger partial charge is 0.256 e. The van der Waals surface area contributed by atoms with Crippen molar-refractivity contribution in [1.29, 1.82) is 0 Å². The van der Waals surface area contributed by atoms with Crippen LogP contribution in [0.4, 0.5) is 5.82 Å². The number of hydrogen-bond donors (Lipinski definition) is 2. The van der Waals surface area contributed by atoms with Crippen molar-refractivity contribution in [3.8, 4) is 0 Å². The second kappa shape index (κ2) is 8.58. The minimum Gasteiger partial charge on any atom is -0.383 e. The van der Waals surface area contributed by atoms with E-state index in [1.165, 1.54) is 56.9 Å². The highest BCUT2D eigenvalue weighted by Crippen LogP contribution is 2.14. The van der Waals surface area contributed by atoms with Gasteiger partial charge in [-0.25, -0.2) is 9.97 Å². The number of nitrogens with one attached hydrogen (secondary N) is 1. The number of carbonyl (C=O) groups is 1. The molecular formula is C19H25N5O. The van der Waals surface area contributed by atoms with Gasteiger partial charge >= 0.3 is 0 Å². The lowest BCUT2D eigenvalue weighted by Gasteiger charge is -2.20. The van der Waals surface area contributed by atoms with E-state index in [2.05, 4.69) is 38.4 Å². The van der Waals surface area contributed by atoms with Crippen molar-refractivity contribution >= 4 is 11.7 Å². The first-order valence-electron chi connectivity index (χ1n) is 8.86. The molecule has 0 radical (unpaired) electrons. The van der Waals surface area contributed by atoms with E-state index in [1.54, 1.807) is 0 Å². The number of amides is 1. The molecule has 0 aliphatic carbocycles. The third-order valence-electron chi connectivity index (χ3n) is 4.54. The predicted octanol–water partition coefficient (Wildman–Crippen LogP) is 2.36. The minimum atomic E-state index is -0.254. The van der Waals surface area contributed by atoms with Crippen LogP contribution in [0.2, 0.25) is 0 Å². The number of aromatic nitrogens is 2. The van der Waals surface area contributed by atoms with Crippen LogP contribution in [0, 0.1) is 0 Å². The Balaban J connectivity index is 1.58. The van der Waals surface area contributed by atoms with Gasteiger partial charge in [0.15, 0.2) is 0 Å². The first kappa shape index (κ1) is 17.4. The van der Waals surface area contributed by atoms with E-state index >= 15 is 0 Å². The highest BCUT2D eigenvalue weighted by molar-refractivity contribution is 5.97. The standard InChI is InChI=1S/C19H25N5O/c20-18-17(12-21-14-23-18)19(25)22-11-15-6-5-7-16(10-15)13-24-8-3-1-2-4-9-24/h5-7,10,12,14H,1-4,8-9,11,13H2,(H,22,25)(H2,20,21,23). The molecule has 0 unspecified atom stereocenters. The Kier molecular flexibility index (Phi) is 5.95. The monoisotopic (exact) mass is 339 g/mol. The molecule has 1 aromatic heterocycles. The van der Waals surface area contributed by atoms with E-state index in [0.29, 0.717) is 12.1 Å². The molecule has 3 N–H and O–H groups in total. The van der Waals surface area contributed by atoms with Gasteiger partial charge in [-0.2, -0.15) is 0 Å². The van der Waals surface area contributed by atoms with Crippen molar-refractivity contribution in [2.24, 2.45) is 0 Å². The van der Waals surface area contributed by atoms with Gasteiger partial charge in [-0.1, -0.05) is 37.1 Å². The van der Waals surface area contributed by atoms with Crippen LogP contribution >= 0.6 is 0 Å². The van der Waals surface area contributed by atoms with Crippen molar-refractivity contribution in [1.82, 2.24) is 20.2 Å². The van der Waals surface area contributed by atoms with E-state index < -0.39 is 0 Å². The Bertz CT molecular complexity index is 710. The Morgan fingerprint density at radius 3 is 2.68 bits per heavy atom. The molecule has 1 aromatic carbocycles. The average molecular weight is 339 g/mol. The summed E-state index contributed by atoms with van der Waals surface area (Å²) in [5, 5.41) is 2.88. The Labute approximate surface area is 148 Å². The van der Waals surface area contributed by atoms with Crippen molar-refractivity contribution in [2.75, 3.05) is 18.8 Å². The van der Waals surface area contributed by atoms with Crippen LogP contribution in [-0.4, -0.2) is 33.9 Å². The Hall–Kier alpha value is -2.47. The van der Waals surface area contributed by atoms with Gasteiger partial charge in [-0.15, -0.1) is 0 Å². The highest BCUT2D eigenvalue weighted by Gasteiger charge is 2.12. The zero-order chi connectivity index (χ0) is 17.5. The maximum atomic E-state index is 12.2. The van der Waals surface area contributed by atoms with E-state index in [1.807, 2.05) is 6.07 Å². The molecule has 6 nitrogen and oxygen atoms in total. The van der Waals surface area contributed by atoms with Crippen LogP contribution in [0.15, 0.2) is 36.8 Å². The molecule has 1 amide bonds. The third kappa shape index (κ3) is 5.00. The van der Waals surface area contributed by atoms with Gasteiger partial charge in [0.2, 0.25) is 0 Å². The molecule has 0 spiro atoms. The molecular weight excluding hydrogens is 314 g/mol. The summed E-state index contributed by atoms with van der Waals surface area (Å²) in [5.41, 5.74) is 8.39. The number of carbonyl (C=O) groups excluding carboxylic acids is 1. The second-order valence-corrected chi connectivity index (χ2v) is 6.51. The number of hydrogen-bond acceptors (Lipinski definition) is 5. The molecule has 132 valence electrons. The maximum Gasteiger partial charge on any atom is 0.256 e. The Morgan fingerprint density at radius 2 is 1.92 bits per heavy atom. The fourth-order valence-corrected chi connectivity index (χ4v) is 3.18. The molecule has 0 bridgehead atoms. The van der Waals surface area contributed by atoms with Crippen LogP contribution in [0.3, 0.4) is 0 Å². The lowest BCUT2D eigenvalue weighted by atomic mass is 10.1. The number of nitrogen functional groups attached to an aromatic ring is 1. The molecule has 2 heterocycles. The van der Waals surface area contributed by atoms with Crippen LogP contribution in [0.5, 0.6) is 0 Å². The first-order chi connectivity index (χ1) is 12.2. The molecule has 2 aromatic rings. The van der Waals surface area contributed by atoms with Gasteiger partial charge in [0.25, 0.3) is 5.91 Å². The number of nitrogens with zero attached hydrogens (tertiary/aromatic N) is 3. The van der Waals surface area contributed by atoms with Crippen molar-refractivity contribution < 1.29 is 4.79 Å². The molecule has 1 aliphatic heterocycles. The van der Waals surface area contributed by atoms with Crippen LogP contribution in [-0.2, 0) is 13.1 Å². The van der Waals surface area contributed by atoms with Gasteiger partial charge in [-0.3, -0.25) is 9.69 Å². The molecule has 0 saturated carbocycles. The summed E-state index contributed by atoms with van der Waals surface area (Å²) in [5.74, 6) is -0.0570. The highest BCUT2D eigenvalue weighted by atomic mass is 16.1. The molecule has 1 saturated heterocycles. The van der Waals surface area contributed by atoms with Crippen LogP contribution in [0.1, 0.15) is 47.2 Å². The number of anilines is 1. The molecule has 1 fully saturated rings. The summed E-state index contributed by atoms with van der Waals surface area (Å²) in [6, 6.07) is 8.39. The quantitative estimate of drug-likeness (QED) is 0.874. The second-order valence-electron chi connectivity index (χ2n) is 6.51. The number of nitrogens with two attached hydrogens (primary N) is 1. The van der Waals surface area contributed by atoms with Gasteiger partial charge in [0, 0.05) is 19.3 Å². The van der Waals surface area contributed by atoms with Gasteiger partial charge in [0.05, 0.1) is 5.56 Å². The number of benzene rings is 1. The van der Waals surface area contributed by atoms with E-state index in [-0.39, 0.29) is 11.7 Å². The minimum absolute atomic E-state index is 0.197. The number of rotatable bonds is 5. The topological polar surface area (TPSA) is 84.1 Å². The average Bonchev–Trinajstić information content (AvgIpc) is 2.89. The third-order valence-corrected chi connectivity index (χ3v) is 4.54. The molecule has 1 aliphatic rings. The van der Waals surface area contributed by atoms with Gasteiger partial charge in [-0.05, 0) is 37.1 Å². The van der Waals surface area contributed by atoms with E-state index in [9.17, 15) is 4.79 Å². The Morgan fingerprint density at radius 1 is 1.16 bits per heavy atom. The lowest BCUT2D eigenvalue weighted by Crippen LogP contribution is -2.25. The van der Waals surface area contributed by atoms with E-state index in [0.717, 1.165) is 12.1 Å². The molecule has 6 heteroatoms. The van der Waals surface area contributed by atoms with Crippen LogP contribution in [0.25, 0.3) is 0 Å².